The number of nitro groups is 1. The van der Waals surface area contributed by atoms with Crippen LogP contribution >= 0.6 is 50.5 Å². The zero-order valence-electron chi connectivity index (χ0n) is 9.71. The van der Waals surface area contributed by atoms with E-state index < -0.39 is 20.6 Å². The van der Waals surface area contributed by atoms with Crippen molar-refractivity contribution in [3.63, 3.8) is 0 Å². The van der Waals surface area contributed by atoms with E-state index in [1.807, 2.05) is 0 Å². The van der Waals surface area contributed by atoms with Crippen LogP contribution in [-0.4, -0.2) is 18.3 Å². The van der Waals surface area contributed by atoms with E-state index >= 15 is 0 Å². The summed E-state index contributed by atoms with van der Waals surface area (Å²) in [6.45, 7) is 0. The van der Waals surface area contributed by atoms with Gasteiger partial charge in [0.15, 0.2) is 4.34 Å². The second-order valence-corrected chi connectivity index (χ2v) is 8.36. The average molecular weight is 433 g/mol. The Bertz CT molecular complexity index is 824. The van der Waals surface area contributed by atoms with E-state index in [0.717, 1.165) is 6.07 Å². The van der Waals surface area contributed by atoms with Gasteiger partial charge in [-0.15, -0.1) is 11.3 Å². The molecule has 0 aliphatic rings. The molecule has 2 aromatic rings. The molecule has 2 heterocycles. The van der Waals surface area contributed by atoms with Crippen LogP contribution in [0.2, 0.25) is 9.49 Å². The molecule has 0 bridgehead atoms. The maximum Gasteiger partial charge on any atom is 0.300 e. The number of hydrogen-bond acceptors (Lipinski definition) is 6. The molecule has 0 amide bonds. The number of nitrogens with one attached hydrogen (secondary N) is 1. The minimum atomic E-state index is -4.00. The highest BCUT2D eigenvalue weighted by Crippen LogP contribution is 2.37. The maximum absolute atomic E-state index is 12.1. The van der Waals surface area contributed by atoms with Crippen molar-refractivity contribution in [2.75, 3.05) is 4.72 Å². The first-order chi connectivity index (χ1) is 9.70. The van der Waals surface area contributed by atoms with Crippen molar-refractivity contribution in [3.05, 3.63) is 42.4 Å². The molecule has 0 radical (unpaired) electrons. The van der Waals surface area contributed by atoms with Gasteiger partial charge in [0.05, 0.1) is 21.3 Å². The third-order valence-corrected chi connectivity index (χ3v) is 6.48. The third-order valence-electron chi connectivity index (χ3n) is 2.16. The van der Waals surface area contributed by atoms with E-state index in [1.54, 1.807) is 0 Å². The quantitative estimate of drug-likeness (QED) is 0.448. The monoisotopic (exact) mass is 431 g/mol. The lowest BCUT2D eigenvalue weighted by molar-refractivity contribution is -0.384. The Labute approximate surface area is 141 Å². The molecule has 0 saturated carbocycles. The van der Waals surface area contributed by atoms with Crippen LogP contribution in [0.3, 0.4) is 0 Å². The molecule has 7 nitrogen and oxygen atoms in total. The van der Waals surface area contributed by atoms with Gasteiger partial charge >= 0.3 is 0 Å². The summed E-state index contributed by atoms with van der Waals surface area (Å²) < 4.78 is 26.4. The van der Waals surface area contributed by atoms with Crippen molar-refractivity contribution in [1.82, 2.24) is 4.98 Å². The van der Waals surface area contributed by atoms with E-state index in [1.165, 1.54) is 12.3 Å². The molecular weight excluding hydrogens is 429 g/mol. The number of rotatable bonds is 4. The summed E-state index contributed by atoms with van der Waals surface area (Å²) >= 11 is 15.0. The van der Waals surface area contributed by atoms with E-state index in [-0.39, 0.29) is 19.4 Å². The largest absolute Gasteiger partial charge is 0.300 e. The van der Waals surface area contributed by atoms with E-state index in [2.05, 4.69) is 25.6 Å². The van der Waals surface area contributed by atoms with E-state index in [4.69, 9.17) is 23.2 Å². The standard InChI is InChI=1S/C9H4BrCl2N3O4S2/c10-5-1-4(3-13-8(5)11)14-21(18,19)7-2-6(15(16)17)9(12)20-7/h1-3,14H. The normalized spacial score (nSPS) is 11.4. The van der Waals surface area contributed by atoms with Crippen LogP contribution in [-0.2, 0) is 10.0 Å². The van der Waals surface area contributed by atoms with Crippen LogP contribution < -0.4 is 4.72 Å². The molecule has 0 spiro atoms. The summed E-state index contributed by atoms with van der Waals surface area (Å²) in [4.78, 5) is 13.7. The van der Waals surface area contributed by atoms with Gasteiger partial charge < -0.3 is 0 Å². The van der Waals surface area contributed by atoms with Gasteiger partial charge in [0.25, 0.3) is 15.7 Å². The molecular formula is C9H4BrCl2N3O4S2. The predicted octanol–water partition coefficient (Wildman–Crippen LogP) is 3.92. The van der Waals surface area contributed by atoms with E-state index in [0.29, 0.717) is 15.8 Å². The molecule has 0 aliphatic carbocycles. The first-order valence-electron chi connectivity index (χ1n) is 4.98. The van der Waals surface area contributed by atoms with Gasteiger partial charge in [-0.05, 0) is 22.0 Å². The smallest absolute Gasteiger partial charge is 0.277 e. The van der Waals surface area contributed by atoms with Gasteiger partial charge in [-0.3, -0.25) is 14.8 Å². The minimum Gasteiger partial charge on any atom is -0.277 e. The van der Waals surface area contributed by atoms with Crippen molar-refractivity contribution < 1.29 is 13.3 Å². The summed E-state index contributed by atoms with van der Waals surface area (Å²) in [6, 6.07) is 2.31. The number of sulfonamides is 1. The fourth-order valence-corrected chi connectivity index (χ4v) is 4.43. The highest BCUT2D eigenvalue weighted by Gasteiger charge is 2.25. The molecule has 0 fully saturated rings. The van der Waals surface area contributed by atoms with Crippen LogP contribution in [0.1, 0.15) is 0 Å². The zero-order chi connectivity index (χ0) is 15.8. The predicted molar refractivity (Wildman–Crippen MR) is 83.7 cm³/mol. The first-order valence-corrected chi connectivity index (χ1v) is 8.83. The number of thiophene rings is 1. The summed E-state index contributed by atoms with van der Waals surface area (Å²) in [5.74, 6) is 0. The van der Waals surface area contributed by atoms with Crippen LogP contribution in [0.25, 0.3) is 0 Å². The highest BCUT2D eigenvalue weighted by atomic mass is 79.9. The average Bonchev–Trinajstić information content (AvgIpc) is 2.77. The Morgan fingerprint density at radius 3 is 2.57 bits per heavy atom. The summed E-state index contributed by atoms with van der Waals surface area (Å²) in [5, 5.41) is 10.9. The van der Waals surface area contributed by atoms with Crippen LogP contribution in [0, 0.1) is 10.1 Å². The lowest BCUT2D eigenvalue weighted by atomic mass is 10.4. The lowest BCUT2D eigenvalue weighted by Crippen LogP contribution is -2.11. The number of halogens is 3. The van der Waals surface area contributed by atoms with Crippen molar-refractivity contribution in [2.45, 2.75) is 4.21 Å². The summed E-state index contributed by atoms with van der Waals surface area (Å²) in [7, 11) is -4.00. The Morgan fingerprint density at radius 2 is 2.05 bits per heavy atom. The Balaban J connectivity index is 2.36. The number of pyridine rings is 1. The number of aromatic nitrogens is 1. The molecule has 0 aromatic carbocycles. The highest BCUT2D eigenvalue weighted by molar-refractivity contribution is 9.10. The number of hydrogen-bond donors (Lipinski definition) is 1. The minimum absolute atomic E-state index is 0.151. The number of nitrogens with zero attached hydrogens (tertiary/aromatic N) is 2. The van der Waals surface area contributed by atoms with Crippen LogP contribution in [0.15, 0.2) is 27.0 Å². The fraction of sp³-hybridized carbons (Fsp3) is 0. The Morgan fingerprint density at radius 1 is 1.38 bits per heavy atom. The molecule has 112 valence electrons. The summed E-state index contributed by atoms with van der Waals surface area (Å²) in [6.07, 6.45) is 1.22. The number of anilines is 1. The van der Waals surface area contributed by atoms with Crippen molar-refractivity contribution in [1.29, 1.82) is 0 Å². The molecule has 0 atom stereocenters. The van der Waals surface area contributed by atoms with Crippen molar-refractivity contribution >= 4 is 71.9 Å². The van der Waals surface area contributed by atoms with Gasteiger partial charge in [0.2, 0.25) is 0 Å². The molecule has 21 heavy (non-hydrogen) atoms. The molecule has 1 N–H and O–H groups in total. The first kappa shape index (κ1) is 16.4. The SMILES string of the molecule is O=[N+]([O-])c1cc(S(=O)(=O)Nc2cnc(Cl)c(Br)c2)sc1Cl. The second kappa shape index (κ2) is 6.05. The topological polar surface area (TPSA) is 102 Å². The molecule has 2 rings (SSSR count). The van der Waals surface area contributed by atoms with E-state index in [9.17, 15) is 18.5 Å². The van der Waals surface area contributed by atoms with Gasteiger partial charge in [0.1, 0.15) is 9.36 Å². The molecule has 0 unspecified atom stereocenters. The second-order valence-electron chi connectivity index (χ2n) is 3.58. The zero-order valence-corrected chi connectivity index (χ0v) is 14.4. The van der Waals surface area contributed by atoms with Gasteiger partial charge in [0, 0.05) is 6.07 Å². The Hall–Kier alpha value is -0.940. The molecule has 0 saturated heterocycles. The van der Waals surface area contributed by atoms with Crippen molar-refractivity contribution in [3.8, 4) is 0 Å². The molecule has 2 aromatic heterocycles. The summed E-state index contributed by atoms with van der Waals surface area (Å²) in [5.41, 5.74) is -0.309. The fourth-order valence-electron chi connectivity index (χ4n) is 1.28. The van der Waals surface area contributed by atoms with Gasteiger partial charge in [-0.1, -0.05) is 23.2 Å². The van der Waals surface area contributed by atoms with Crippen LogP contribution in [0.4, 0.5) is 11.4 Å². The maximum atomic E-state index is 12.1. The third kappa shape index (κ3) is 3.64. The van der Waals surface area contributed by atoms with Crippen molar-refractivity contribution in [2.24, 2.45) is 0 Å². The lowest BCUT2D eigenvalue weighted by Gasteiger charge is -2.06. The van der Waals surface area contributed by atoms with Gasteiger partial charge in [-0.2, -0.15) is 0 Å². The van der Waals surface area contributed by atoms with Crippen LogP contribution in [0.5, 0.6) is 0 Å². The van der Waals surface area contributed by atoms with Gasteiger partial charge in [-0.25, -0.2) is 13.4 Å². The molecule has 0 aliphatic heterocycles. The Kier molecular flexibility index (Phi) is 4.73. The molecule has 12 heteroatoms.